The van der Waals surface area contributed by atoms with Gasteiger partial charge in [0.05, 0.1) is 15.9 Å². The second-order valence-corrected chi connectivity index (χ2v) is 9.89. The summed E-state index contributed by atoms with van der Waals surface area (Å²) in [6, 6.07) is 20.0. The fourth-order valence-electron chi connectivity index (χ4n) is 3.18. The molecule has 0 radical (unpaired) electrons. The van der Waals surface area contributed by atoms with Gasteiger partial charge in [-0.25, -0.2) is 4.39 Å². The van der Waals surface area contributed by atoms with E-state index in [0.717, 1.165) is 21.2 Å². The lowest BCUT2D eigenvalue weighted by molar-refractivity contribution is -0.122. The van der Waals surface area contributed by atoms with Crippen LogP contribution < -0.4 is 4.74 Å². The molecule has 3 nitrogen and oxygen atoms in total. The first kappa shape index (κ1) is 22.7. The van der Waals surface area contributed by atoms with Crippen LogP contribution in [-0.4, -0.2) is 15.1 Å². The maximum atomic E-state index is 13.3. The summed E-state index contributed by atoms with van der Waals surface area (Å²) in [6.45, 7) is 2.74. The lowest BCUT2D eigenvalue weighted by Crippen LogP contribution is -2.27. The first-order chi connectivity index (χ1) is 15.4. The van der Waals surface area contributed by atoms with Crippen LogP contribution in [0.1, 0.15) is 22.3 Å². The molecule has 1 fully saturated rings. The van der Waals surface area contributed by atoms with Gasteiger partial charge in [0.2, 0.25) is 0 Å². The monoisotopic (exact) mass is 527 g/mol. The molecule has 0 bridgehead atoms. The highest BCUT2D eigenvalue weighted by molar-refractivity contribution is 9.10. The third-order valence-electron chi connectivity index (χ3n) is 4.87. The number of amides is 1. The molecule has 1 aliphatic heterocycles. The van der Waals surface area contributed by atoms with E-state index in [1.165, 1.54) is 29.5 Å². The van der Waals surface area contributed by atoms with Gasteiger partial charge in [0.1, 0.15) is 22.5 Å². The van der Waals surface area contributed by atoms with E-state index in [9.17, 15) is 9.18 Å². The molecular weight excluding hydrogens is 509 g/mol. The van der Waals surface area contributed by atoms with E-state index in [1.54, 1.807) is 11.0 Å². The molecule has 1 amide bonds. The third-order valence-corrected chi connectivity index (χ3v) is 6.87. The quantitative estimate of drug-likeness (QED) is 0.258. The molecule has 0 atom stereocenters. The number of carbonyl (C=O) groups is 1. The van der Waals surface area contributed by atoms with Gasteiger partial charge in [0, 0.05) is 0 Å². The fourth-order valence-corrected chi connectivity index (χ4v) is 4.94. The molecule has 0 aliphatic carbocycles. The van der Waals surface area contributed by atoms with Gasteiger partial charge in [0.15, 0.2) is 0 Å². The molecule has 0 N–H and O–H groups in total. The highest BCUT2D eigenvalue weighted by Gasteiger charge is 2.32. The Labute approximate surface area is 204 Å². The van der Waals surface area contributed by atoms with Crippen LogP contribution in [0.3, 0.4) is 0 Å². The molecule has 0 spiro atoms. The van der Waals surface area contributed by atoms with E-state index >= 15 is 0 Å². The number of hydrogen-bond acceptors (Lipinski definition) is 4. The summed E-state index contributed by atoms with van der Waals surface area (Å²) in [6.07, 6.45) is 1.83. The fraction of sp³-hybridized carbons (Fsp3) is 0.120. The summed E-state index contributed by atoms with van der Waals surface area (Å²) in [4.78, 5) is 15.1. The average Bonchev–Trinajstić information content (AvgIpc) is 3.02. The Morgan fingerprint density at radius 1 is 1.09 bits per heavy atom. The molecule has 0 unspecified atom stereocenters. The Kier molecular flexibility index (Phi) is 7.08. The number of aryl methyl sites for hydroxylation is 1. The molecule has 162 valence electrons. The van der Waals surface area contributed by atoms with Crippen molar-refractivity contribution in [2.75, 3.05) is 0 Å². The van der Waals surface area contributed by atoms with Crippen molar-refractivity contribution in [3.05, 3.63) is 104 Å². The second kappa shape index (κ2) is 9.98. The smallest absolute Gasteiger partial charge is 0.266 e. The number of ether oxygens (including phenoxy) is 1. The normalized spacial score (nSPS) is 15.0. The summed E-state index contributed by atoms with van der Waals surface area (Å²) in [5, 5.41) is 0. The molecule has 1 aliphatic rings. The number of thiocarbonyl (C=S) groups is 1. The van der Waals surface area contributed by atoms with Crippen molar-refractivity contribution in [2.45, 2.75) is 20.1 Å². The standard InChI is InChI=1S/C25H19BrFNO2S2/c1-16-5-7-17(8-6-16)14-28-24(29)23(32-25(28)31)13-18-9-10-22(21(26)12-18)30-15-19-3-2-4-20(27)11-19/h2-13H,14-15H2,1H3/b23-13-. The van der Waals surface area contributed by atoms with Crippen LogP contribution in [0.5, 0.6) is 5.75 Å². The summed E-state index contributed by atoms with van der Waals surface area (Å²) in [7, 11) is 0. The minimum Gasteiger partial charge on any atom is -0.488 e. The Hall–Kier alpha value is -2.48. The molecule has 0 aromatic heterocycles. The summed E-state index contributed by atoms with van der Waals surface area (Å²) in [5.74, 6) is 0.252. The third kappa shape index (κ3) is 5.46. The maximum absolute atomic E-state index is 13.3. The summed E-state index contributed by atoms with van der Waals surface area (Å²) >= 11 is 10.3. The molecule has 0 saturated carbocycles. The zero-order valence-corrected chi connectivity index (χ0v) is 20.4. The number of rotatable bonds is 6. The second-order valence-electron chi connectivity index (χ2n) is 7.36. The lowest BCUT2D eigenvalue weighted by atomic mass is 10.1. The zero-order chi connectivity index (χ0) is 22.7. The predicted octanol–water partition coefficient (Wildman–Crippen LogP) is 6.88. The van der Waals surface area contributed by atoms with E-state index in [4.69, 9.17) is 17.0 Å². The van der Waals surface area contributed by atoms with Crippen molar-refractivity contribution >= 4 is 56.2 Å². The van der Waals surface area contributed by atoms with Crippen LogP contribution in [-0.2, 0) is 17.9 Å². The first-order valence-corrected chi connectivity index (χ1v) is 11.9. The van der Waals surface area contributed by atoms with Crippen molar-refractivity contribution in [1.82, 2.24) is 4.90 Å². The van der Waals surface area contributed by atoms with Crippen LogP contribution in [0.4, 0.5) is 4.39 Å². The van der Waals surface area contributed by atoms with Crippen molar-refractivity contribution in [3.8, 4) is 5.75 Å². The van der Waals surface area contributed by atoms with Crippen molar-refractivity contribution in [2.24, 2.45) is 0 Å². The molecule has 1 saturated heterocycles. The van der Waals surface area contributed by atoms with Crippen molar-refractivity contribution in [3.63, 3.8) is 0 Å². The van der Waals surface area contributed by atoms with Crippen LogP contribution in [0.15, 0.2) is 76.1 Å². The summed E-state index contributed by atoms with van der Waals surface area (Å²) < 4.78 is 20.4. The van der Waals surface area contributed by atoms with E-state index in [2.05, 4.69) is 15.9 Å². The number of halogens is 2. The number of benzene rings is 3. The predicted molar refractivity (Wildman–Crippen MR) is 135 cm³/mol. The van der Waals surface area contributed by atoms with E-state index < -0.39 is 0 Å². The van der Waals surface area contributed by atoms with E-state index in [-0.39, 0.29) is 18.3 Å². The Morgan fingerprint density at radius 3 is 2.59 bits per heavy atom. The number of thioether (sulfide) groups is 1. The van der Waals surface area contributed by atoms with Gasteiger partial charge in [-0.1, -0.05) is 72.0 Å². The molecule has 3 aromatic carbocycles. The van der Waals surface area contributed by atoms with Crippen LogP contribution in [0.25, 0.3) is 6.08 Å². The Bertz CT molecular complexity index is 1210. The lowest BCUT2D eigenvalue weighted by Gasteiger charge is -2.14. The molecule has 3 aromatic rings. The van der Waals surface area contributed by atoms with Gasteiger partial charge in [-0.05, 0) is 69.9 Å². The van der Waals surface area contributed by atoms with Crippen LogP contribution >= 0.6 is 39.9 Å². The summed E-state index contributed by atoms with van der Waals surface area (Å²) in [5.41, 5.74) is 3.81. The Balaban J connectivity index is 1.45. The highest BCUT2D eigenvalue weighted by atomic mass is 79.9. The average molecular weight is 528 g/mol. The van der Waals surface area contributed by atoms with Crippen molar-refractivity contribution in [1.29, 1.82) is 0 Å². The molecule has 32 heavy (non-hydrogen) atoms. The first-order valence-electron chi connectivity index (χ1n) is 9.87. The van der Waals surface area contributed by atoms with Gasteiger partial charge in [-0.2, -0.15) is 0 Å². The molecule has 1 heterocycles. The van der Waals surface area contributed by atoms with Gasteiger partial charge in [-0.15, -0.1) is 0 Å². The number of hydrogen-bond donors (Lipinski definition) is 0. The topological polar surface area (TPSA) is 29.5 Å². The van der Waals surface area contributed by atoms with E-state index in [1.807, 2.05) is 61.5 Å². The SMILES string of the molecule is Cc1ccc(CN2C(=O)/C(=C/c3ccc(OCc4cccc(F)c4)c(Br)c3)SC2=S)cc1. The minimum absolute atomic E-state index is 0.0943. The van der Waals surface area contributed by atoms with Crippen LogP contribution in [0.2, 0.25) is 0 Å². The molecule has 7 heteroatoms. The molecular formula is C25H19BrFNO2S2. The van der Waals surface area contributed by atoms with Crippen LogP contribution in [0, 0.1) is 12.7 Å². The number of carbonyl (C=O) groups excluding carboxylic acids is 1. The number of nitrogens with zero attached hydrogens (tertiary/aromatic N) is 1. The van der Waals surface area contributed by atoms with Gasteiger partial charge in [0.25, 0.3) is 5.91 Å². The van der Waals surface area contributed by atoms with Gasteiger partial charge < -0.3 is 4.74 Å². The minimum atomic E-state index is -0.291. The van der Waals surface area contributed by atoms with Gasteiger partial charge >= 0.3 is 0 Å². The Morgan fingerprint density at radius 2 is 1.88 bits per heavy atom. The van der Waals surface area contributed by atoms with E-state index in [0.29, 0.717) is 21.5 Å². The van der Waals surface area contributed by atoms with Crippen molar-refractivity contribution < 1.29 is 13.9 Å². The maximum Gasteiger partial charge on any atom is 0.266 e. The highest BCUT2D eigenvalue weighted by Crippen LogP contribution is 2.35. The van der Waals surface area contributed by atoms with Gasteiger partial charge in [-0.3, -0.25) is 9.69 Å². The molecule has 4 rings (SSSR count). The largest absolute Gasteiger partial charge is 0.488 e. The zero-order valence-electron chi connectivity index (χ0n) is 17.2.